The molecule has 84 valence electrons. The molecular formula is C6H2IN3O6. The molecule has 0 saturated heterocycles. The lowest BCUT2D eigenvalue weighted by Crippen LogP contribution is -2.02. The van der Waals surface area contributed by atoms with Crippen molar-refractivity contribution in [3.8, 4) is 0 Å². The molecule has 0 spiro atoms. The topological polar surface area (TPSA) is 129 Å². The van der Waals surface area contributed by atoms with Gasteiger partial charge >= 0.3 is 17.1 Å². The van der Waals surface area contributed by atoms with Crippen LogP contribution in [0.15, 0.2) is 12.1 Å². The lowest BCUT2D eigenvalue weighted by molar-refractivity contribution is -0.441. The van der Waals surface area contributed by atoms with E-state index in [2.05, 4.69) is 0 Å². The first-order valence-electron chi connectivity index (χ1n) is 3.62. The van der Waals surface area contributed by atoms with Gasteiger partial charge in [0.1, 0.15) is 0 Å². The van der Waals surface area contributed by atoms with Gasteiger partial charge in [-0.15, -0.1) is 0 Å². The SMILES string of the molecule is O=[N+]([O-])c1ccc(I)c([N+](=O)[O-])c1[N+](=O)[O-]. The predicted octanol–water partition coefficient (Wildman–Crippen LogP) is 2.02. The summed E-state index contributed by atoms with van der Waals surface area (Å²) in [5, 5.41) is 31.7. The van der Waals surface area contributed by atoms with E-state index in [1.165, 1.54) is 22.6 Å². The largest absolute Gasteiger partial charge is 0.423 e. The van der Waals surface area contributed by atoms with Gasteiger partial charge < -0.3 is 0 Å². The Bertz CT molecular complexity index is 501. The number of nitro groups is 3. The molecule has 0 N–H and O–H groups in total. The minimum absolute atomic E-state index is 0.0279. The Kier molecular flexibility index (Phi) is 3.31. The van der Waals surface area contributed by atoms with Crippen molar-refractivity contribution in [2.45, 2.75) is 0 Å². The zero-order chi connectivity index (χ0) is 12.5. The fourth-order valence-corrected chi connectivity index (χ4v) is 1.68. The highest BCUT2D eigenvalue weighted by molar-refractivity contribution is 14.1. The van der Waals surface area contributed by atoms with Crippen LogP contribution in [0.2, 0.25) is 0 Å². The van der Waals surface area contributed by atoms with E-state index in [0.717, 1.165) is 12.1 Å². The Labute approximate surface area is 101 Å². The fraction of sp³-hybridized carbons (Fsp3) is 0. The molecule has 1 aromatic rings. The number of hydrogen-bond donors (Lipinski definition) is 0. The van der Waals surface area contributed by atoms with E-state index in [-0.39, 0.29) is 3.57 Å². The maximum atomic E-state index is 10.6. The van der Waals surface area contributed by atoms with Gasteiger partial charge in [-0.1, -0.05) is 0 Å². The van der Waals surface area contributed by atoms with Crippen LogP contribution in [-0.2, 0) is 0 Å². The van der Waals surface area contributed by atoms with Gasteiger partial charge in [0.25, 0.3) is 0 Å². The predicted molar refractivity (Wildman–Crippen MR) is 59.1 cm³/mol. The molecule has 9 nitrogen and oxygen atoms in total. The van der Waals surface area contributed by atoms with Crippen LogP contribution in [0.5, 0.6) is 0 Å². The first kappa shape index (κ1) is 12.2. The Morgan fingerprint density at radius 1 is 0.875 bits per heavy atom. The van der Waals surface area contributed by atoms with Crippen molar-refractivity contribution >= 4 is 39.7 Å². The highest BCUT2D eigenvalue weighted by Crippen LogP contribution is 2.39. The standard InChI is InChI=1S/C6H2IN3O6/c7-3-1-2-4(8(11)12)6(10(15)16)5(3)9(13)14/h1-2H. The molecule has 1 rings (SSSR count). The van der Waals surface area contributed by atoms with Crippen LogP contribution in [0.4, 0.5) is 17.1 Å². The summed E-state index contributed by atoms with van der Waals surface area (Å²) in [5.74, 6) is 0. The minimum Gasteiger partial charge on any atom is -0.258 e. The van der Waals surface area contributed by atoms with E-state index >= 15 is 0 Å². The van der Waals surface area contributed by atoms with Gasteiger partial charge in [0.2, 0.25) is 0 Å². The zero-order valence-electron chi connectivity index (χ0n) is 7.32. The van der Waals surface area contributed by atoms with Crippen molar-refractivity contribution in [2.75, 3.05) is 0 Å². The molecular weight excluding hydrogens is 337 g/mol. The molecule has 0 aromatic heterocycles. The summed E-state index contributed by atoms with van der Waals surface area (Å²) < 4.78 is -0.0279. The smallest absolute Gasteiger partial charge is 0.258 e. The molecule has 0 saturated carbocycles. The molecule has 0 atom stereocenters. The molecule has 0 aliphatic rings. The van der Waals surface area contributed by atoms with E-state index in [1.54, 1.807) is 0 Å². The van der Waals surface area contributed by atoms with Crippen molar-refractivity contribution in [1.82, 2.24) is 0 Å². The normalized spacial score (nSPS) is 9.81. The number of halogens is 1. The van der Waals surface area contributed by atoms with E-state index in [1.807, 2.05) is 0 Å². The van der Waals surface area contributed by atoms with Crippen molar-refractivity contribution in [2.24, 2.45) is 0 Å². The highest BCUT2D eigenvalue weighted by atomic mass is 127. The molecule has 0 heterocycles. The molecule has 0 radical (unpaired) electrons. The molecule has 16 heavy (non-hydrogen) atoms. The second-order valence-corrected chi connectivity index (χ2v) is 3.70. The van der Waals surface area contributed by atoms with Crippen LogP contribution >= 0.6 is 22.6 Å². The number of nitrogens with zero attached hydrogens (tertiary/aromatic N) is 3. The summed E-state index contributed by atoms with van der Waals surface area (Å²) in [6, 6.07) is 1.96. The third-order valence-electron chi connectivity index (χ3n) is 1.64. The molecule has 10 heteroatoms. The molecule has 0 fully saturated rings. The molecule has 0 aliphatic heterocycles. The van der Waals surface area contributed by atoms with Gasteiger partial charge in [-0.3, -0.25) is 30.3 Å². The Morgan fingerprint density at radius 3 is 1.75 bits per heavy atom. The average Bonchev–Trinajstić information content (AvgIpc) is 2.15. The summed E-state index contributed by atoms with van der Waals surface area (Å²) >= 11 is 1.51. The second-order valence-electron chi connectivity index (χ2n) is 2.54. The Balaban J connectivity index is 3.70. The van der Waals surface area contributed by atoms with Crippen LogP contribution < -0.4 is 0 Å². The maximum Gasteiger partial charge on any atom is 0.423 e. The summed E-state index contributed by atoms with van der Waals surface area (Å²) in [6.45, 7) is 0. The van der Waals surface area contributed by atoms with Gasteiger partial charge in [-0.2, -0.15) is 0 Å². The Hall–Kier alpha value is -1.85. The first-order valence-corrected chi connectivity index (χ1v) is 4.69. The fourth-order valence-electron chi connectivity index (χ4n) is 1.05. The number of nitro benzene ring substituents is 3. The van der Waals surface area contributed by atoms with Crippen molar-refractivity contribution in [3.63, 3.8) is 0 Å². The third kappa shape index (κ3) is 2.05. The van der Waals surface area contributed by atoms with Gasteiger partial charge in [0.05, 0.1) is 18.3 Å². The van der Waals surface area contributed by atoms with E-state index in [0.29, 0.717) is 0 Å². The summed E-state index contributed by atoms with van der Waals surface area (Å²) in [4.78, 5) is 28.5. The van der Waals surface area contributed by atoms with Gasteiger partial charge in [-0.25, -0.2) is 0 Å². The van der Waals surface area contributed by atoms with Gasteiger partial charge in [-0.05, 0) is 28.7 Å². The number of hydrogen-bond acceptors (Lipinski definition) is 6. The average molecular weight is 339 g/mol. The van der Waals surface area contributed by atoms with Crippen LogP contribution in [-0.4, -0.2) is 14.8 Å². The molecule has 0 unspecified atom stereocenters. The lowest BCUT2D eigenvalue weighted by Gasteiger charge is -1.98. The lowest BCUT2D eigenvalue weighted by atomic mass is 10.2. The molecule has 0 amide bonds. The van der Waals surface area contributed by atoms with Crippen molar-refractivity contribution < 1.29 is 14.8 Å². The van der Waals surface area contributed by atoms with E-state index < -0.39 is 31.8 Å². The molecule has 0 bridgehead atoms. The second kappa shape index (κ2) is 4.34. The number of benzene rings is 1. The van der Waals surface area contributed by atoms with E-state index in [9.17, 15) is 30.3 Å². The van der Waals surface area contributed by atoms with Crippen LogP contribution in [0, 0.1) is 33.9 Å². The molecule has 1 aromatic carbocycles. The van der Waals surface area contributed by atoms with Gasteiger partial charge in [0, 0.05) is 6.07 Å². The highest BCUT2D eigenvalue weighted by Gasteiger charge is 2.37. The first-order chi connectivity index (χ1) is 7.36. The number of rotatable bonds is 3. The zero-order valence-corrected chi connectivity index (χ0v) is 9.48. The Morgan fingerprint density at radius 2 is 1.38 bits per heavy atom. The third-order valence-corrected chi connectivity index (χ3v) is 2.51. The van der Waals surface area contributed by atoms with E-state index in [4.69, 9.17) is 0 Å². The minimum atomic E-state index is -1.13. The van der Waals surface area contributed by atoms with Crippen molar-refractivity contribution in [3.05, 3.63) is 46.0 Å². The summed E-state index contributed by atoms with van der Waals surface area (Å²) in [6.07, 6.45) is 0. The monoisotopic (exact) mass is 339 g/mol. The maximum absolute atomic E-state index is 10.6. The van der Waals surface area contributed by atoms with Gasteiger partial charge in [0.15, 0.2) is 0 Å². The van der Waals surface area contributed by atoms with Crippen LogP contribution in [0.3, 0.4) is 0 Å². The van der Waals surface area contributed by atoms with Crippen molar-refractivity contribution in [1.29, 1.82) is 0 Å². The summed E-state index contributed by atoms with van der Waals surface area (Å²) in [7, 11) is 0. The van der Waals surface area contributed by atoms with Crippen LogP contribution in [0.25, 0.3) is 0 Å². The quantitative estimate of drug-likeness (QED) is 0.470. The van der Waals surface area contributed by atoms with Crippen LogP contribution in [0.1, 0.15) is 0 Å². The summed E-state index contributed by atoms with van der Waals surface area (Å²) in [5.41, 5.74) is -2.85. The molecule has 0 aliphatic carbocycles.